The van der Waals surface area contributed by atoms with Crippen LogP contribution < -0.4 is 0 Å². The first-order valence-electron chi connectivity index (χ1n) is 6.20. The van der Waals surface area contributed by atoms with Crippen molar-refractivity contribution >= 4 is 15.8 Å². The van der Waals surface area contributed by atoms with Gasteiger partial charge >= 0.3 is 5.97 Å². The molecule has 7 heteroatoms. The summed E-state index contributed by atoms with van der Waals surface area (Å²) in [5, 5.41) is -1.48. The van der Waals surface area contributed by atoms with E-state index in [4.69, 9.17) is 4.74 Å². The molecule has 1 atom stereocenters. The molecule has 0 radical (unpaired) electrons. The van der Waals surface area contributed by atoms with Gasteiger partial charge in [0.2, 0.25) is 0 Å². The van der Waals surface area contributed by atoms with Crippen molar-refractivity contribution < 1.29 is 26.7 Å². The zero-order chi connectivity index (χ0) is 15.3. The van der Waals surface area contributed by atoms with Crippen LogP contribution in [0.25, 0.3) is 0 Å². The number of hydrogen-bond acceptors (Lipinski definition) is 4. The van der Waals surface area contributed by atoms with Gasteiger partial charge in [0.25, 0.3) is 0 Å². The van der Waals surface area contributed by atoms with Crippen LogP contribution in [0.1, 0.15) is 26.7 Å². The monoisotopic (exact) mass is 306 g/mol. The van der Waals surface area contributed by atoms with E-state index in [1.807, 2.05) is 0 Å². The van der Waals surface area contributed by atoms with E-state index in [2.05, 4.69) is 0 Å². The molecule has 0 saturated carbocycles. The van der Waals surface area contributed by atoms with Crippen molar-refractivity contribution in [2.24, 2.45) is 0 Å². The molecule has 4 nitrogen and oxygen atoms in total. The average molecular weight is 306 g/mol. The molecule has 0 amide bonds. The van der Waals surface area contributed by atoms with Crippen molar-refractivity contribution in [1.82, 2.24) is 0 Å². The minimum Gasteiger partial charge on any atom is -0.465 e. The third-order valence-electron chi connectivity index (χ3n) is 2.68. The Morgan fingerprint density at radius 1 is 1.30 bits per heavy atom. The van der Waals surface area contributed by atoms with Crippen LogP contribution in [0.3, 0.4) is 0 Å². The van der Waals surface area contributed by atoms with Crippen LogP contribution in [0.15, 0.2) is 23.1 Å². The maximum Gasteiger partial charge on any atom is 0.324 e. The number of ether oxygens (including phenoxy) is 1. The van der Waals surface area contributed by atoms with Gasteiger partial charge < -0.3 is 4.74 Å². The maximum atomic E-state index is 13.6. The second-order valence-electron chi connectivity index (χ2n) is 4.15. The molecule has 0 spiro atoms. The Bertz CT molecular complexity index is 584. The fraction of sp³-hybridized carbons (Fsp3) is 0.462. The fourth-order valence-corrected chi connectivity index (χ4v) is 3.52. The number of rotatable bonds is 6. The Morgan fingerprint density at radius 2 is 1.95 bits per heavy atom. The number of carbonyl (C=O) groups is 1. The van der Waals surface area contributed by atoms with Gasteiger partial charge in [-0.15, -0.1) is 0 Å². The zero-order valence-electron chi connectivity index (χ0n) is 11.2. The van der Waals surface area contributed by atoms with Gasteiger partial charge in [-0.3, -0.25) is 4.79 Å². The number of hydrogen-bond donors (Lipinski definition) is 0. The first-order chi connectivity index (χ1) is 9.34. The molecule has 0 aliphatic rings. The normalized spacial score (nSPS) is 13.0. The number of carbonyl (C=O) groups excluding carboxylic acids is 1. The van der Waals surface area contributed by atoms with Crippen LogP contribution in [0.4, 0.5) is 8.78 Å². The summed E-state index contributed by atoms with van der Waals surface area (Å²) in [6, 6.07) is 2.13. The predicted molar refractivity (Wildman–Crippen MR) is 68.9 cm³/mol. The number of halogens is 2. The Hall–Kier alpha value is -1.50. The highest BCUT2D eigenvalue weighted by molar-refractivity contribution is 7.92. The molecule has 0 bridgehead atoms. The summed E-state index contributed by atoms with van der Waals surface area (Å²) in [5.74, 6) is -3.02. The van der Waals surface area contributed by atoms with Gasteiger partial charge in [0.15, 0.2) is 15.1 Å². The molecule has 0 aliphatic carbocycles. The molecular formula is C13H16F2O4S. The molecule has 1 aromatic carbocycles. The summed E-state index contributed by atoms with van der Waals surface area (Å²) < 4.78 is 55.8. The minimum absolute atomic E-state index is 0.0119. The highest BCUT2D eigenvalue weighted by Gasteiger charge is 2.36. The van der Waals surface area contributed by atoms with Crippen molar-refractivity contribution in [2.45, 2.75) is 36.8 Å². The second kappa shape index (κ2) is 6.78. The number of benzene rings is 1. The molecule has 0 fully saturated rings. The van der Waals surface area contributed by atoms with Crippen molar-refractivity contribution in [1.29, 1.82) is 0 Å². The van der Waals surface area contributed by atoms with Crippen molar-refractivity contribution in [3.05, 3.63) is 29.8 Å². The van der Waals surface area contributed by atoms with Gasteiger partial charge in [0, 0.05) is 6.07 Å². The molecule has 112 valence electrons. The third-order valence-corrected chi connectivity index (χ3v) is 4.80. The van der Waals surface area contributed by atoms with E-state index in [1.54, 1.807) is 13.8 Å². The zero-order valence-corrected chi connectivity index (χ0v) is 12.0. The van der Waals surface area contributed by atoms with Crippen LogP contribution in [0, 0.1) is 11.6 Å². The molecular weight excluding hydrogens is 290 g/mol. The van der Waals surface area contributed by atoms with Gasteiger partial charge in [0.05, 0.1) is 6.61 Å². The fourth-order valence-electron chi connectivity index (χ4n) is 1.76. The van der Waals surface area contributed by atoms with E-state index in [0.717, 1.165) is 12.1 Å². The molecule has 20 heavy (non-hydrogen) atoms. The van der Waals surface area contributed by atoms with Gasteiger partial charge in [-0.25, -0.2) is 17.2 Å². The third kappa shape index (κ3) is 3.53. The molecule has 0 N–H and O–H groups in total. The molecule has 1 unspecified atom stereocenters. The van der Waals surface area contributed by atoms with Crippen molar-refractivity contribution in [2.75, 3.05) is 6.61 Å². The molecule has 1 rings (SSSR count). The summed E-state index contributed by atoms with van der Waals surface area (Å²) in [6.45, 7) is 3.27. The van der Waals surface area contributed by atoms with E-state index in [9.17, 15) is 22.0 Å². The summed E-state index contributed by atoms with van der Waals surface area (Å²) in [6.07, 6.45) is 0.420. The van der Waals surface area contributed by atoms with E-state index in [0.29, 0.717) is 12.5 Å². The van der Waals surface area contributed by atoms with Crippen molar-refractivity contribution in [3.8, 4) is 0 Å². The molecule has 0 aromatic heterocycles. The maximum absolute atomic E-state index is 13.6. The Kier molecular flexibility index (Phi) is 5.62. The van der Waals surface area contributed by atoms with E-state index in [-0.39, 0.29) is 13.0 Å². The highest BCUT2D eigenvalue weighted by atomic mass is 32.2. The van der Waals surface area contributed by atoms with Gasteiger partial charge in [-0.05, 0) is 25.5 Å². The summed E-state index contributed by atoms with van der Waals surface area (Å²) in [7, 11) is -4.25. The van der Waals surface area contributed by atoms with Crippen LogP contribution in [0.2, 0.25) is 0 Å². The number of sulfone groups is 1. The van der Waals surface area contributed by atoms with Gasteiger partial charge in [-0.2, -0.15) is 0 Å². The lowest BCUT2D eigenvalue weighted by atomic mass is 10.2. The lowest BCUT2D eigenvalue weighted by Gasteiger charge is -2.16. The average Bonchev–Trinajstić information content (AvgIpc) is 2.35. The van der Waals surface area contributed by atoms with E-state index >= 15 is 0 Å². The largest absolute Gasteiger partial charge is 0.465 e. The van der Waals surface area contributed by atoms with Crippen LogP contribution in [-0.4, -0.2) is 26.2 Å². The first kappa shape index (κ1) is 16.6. The molecule has 1 aromatic rings. The van der Waals surface area contributed by atoms with Crippen LogP contribution in [0.5, 0.6) is 0 Å². The lowest BCUT2D eigenvalue weighted by molar-refractivity contribution is -0.142. The molecule has 0 aliphatic heterocycles. The van der Waals surface area contributed by atoms with Crippen LogP contribution in [-0.2, 0) is 19.4 Å². The molecule has 0 heterocycles. The highest BCUT2D eigenvalue weighted by Crippen LogP contribution is 2.24. The summed E-state index contributed by atoms with van der Waals surface area (Å²) in [5.41, 5.74) is 0. The Balaban J connectivity index is 3.25. The summed E-state index contributed by atoms with van der Waals surface area (Å²) >= 11 is 0. The molecule has 0 saturated heterocycles. The van der Waals surface area contributed by atoms with E-state index < -0.39 is 37.6 Å². The second-order valence-corrected chi connectivity index (χ2v) is 6.25. The Morgan fingerprint density at radius 3 is 2.45 bits per heavy atom. The van der Waals surface area contributed by atoms with Crippen LogP contribution >= 0.6 is 0 Å². The predicted octanol–water partition coefficient (Wildman–Crippen LogP) is 2.47. The van der Waals surface area contributed by atoms with Gasteiger partial charge in [-0.1, -0.05) is 13.3 Å². The SMILES string of the molecule is CCCC(C(=O)OCC)S(=O)(=O)c1ccc(F)cc1F. The minimum atomic E-state index is -4.25. The Labute approximate surface area is 116 Å². The quantitative estimate of drug-likeness (QED) is 0.598. The standard InChI is InChI=1S/C13H16F2O4S/c1-3-5-12(13(16)19-4-2)20(17,18)11-7-6-9(14)8-10(11)15/h6-8,12H,3-5H2,1-2H3. The van der Waals surface area contributed by atoms with Gasteiger partial charge in [0.1, 0.15) is 16.5 Å². The topological polar surface area (TPSA) is 60.4 Å². The smallest absolute Gasteiger partial charge is 0.324 e. The van der Waals surface area contributed by atoms with Crippen molar-refractivity contribution in [3.63, 3.8) is 0 Å². The first-order valence-corrected chi connectivity index (χ1v) is 7.74. The van der Waals surface area contributed by atoms with E-state index in [1.165, 1.54) is 0 Å². The summed E-state index contributed by atoms with van der Waals surface area (Å²) in [4.78, 5) is 11.0. The number of esters is 1. The lowest BCUT2D eigenvalue weighted by Crippen LogP contribution is -2.32.